The van der Waals surface area contributed by atoms with Gasteiger partial charge in [-0.2, -0.15) is 0 Å². The van der Waals surface area contributed by atoms with Crippen LogP contribution in [-0.4, -0.2) is 9.67 Å². The quantitative estimate of drug-likeness (QED) is 0.789. The number of aliphatic hydroxyl groups excluding tert-OH is 1. The smallest absolute Gasteiger partial charge is 0.0832 e. The molecule has 0 aliphatic heterocycles. The normalized spacial score (nSPS) is 18.4. The van der Waals surface area contributed by atoms with Crippen molar-refractivity contribution in [3.63, 3.8) is 0 Å². The molecule has 0 radical (unpaired) electrons. The summed E-state index contributed by atoms with van der Waals surface area (Å²) in [6, 6.07) is 2.06. The van der Waals surface area contributed by atoms with E-state index in [9.17, 15) is 5.11 Å². The SMILES string of the molecule is CC(C)CCn1ccc(C(O)C2CC2)c1. The highest BCUT2D eigenvalue weighted by atomic mass is 16.3. The third kappa shape index (κ3) is 2.85. The fourth-order valence-electron chi connectivity index (χ4n) is 1.86. The molecular weight excluding hydrogens is 186 g/mol. The maximum absolute atomic E-state index is 9.94. The molecule has 1 N–H and O–H groups in total. The Morgan fingerprint density at radius 2 is 2.20 bits per heavy atom. The first-order valence-corrected chi connectivity index (χ1v) is 6.00. The first-order valence-electron chi connectivity index (χ1n) is 6.00. The largest absolute Gasteiger partial charge is 0.388 e. The van der Waals surface area contributed by atoms with Crippen molar-refractivity contribution >= 4 is 0 Å². The molecular formula is C13H21NO. The zero-order valence-electron chi connectivity index (χ0n) is 9.69. The summed E-state index contributed by atoms with van der Waals surface area (Å²) < 4.78 is 2.20. The Morgan fingerprint density at radius 3 is 2.80 bits per heavy atom. The standard InChI is InChI=1S/C13H21NO/c1-10(2)5-7-14-8-6-12(9-14)13(15)11-3-4-11/h6,8-11,13,15H,3-5,7H2,1-2H3. The van der Waals surface area contributed by atoms with E-state index in [4.69, 9.17) is 0 Å². The average Bonchev–Trinajstić information content (AvgIpc) is 2.93. The van der Waals surface area contributed by atoms with E-state index in [0.717, 1.165) is 18.0 Å². The predicted octanol–water partition coefficient (Wildman–Crippen LogP) is 2.98. The van der Waals surface area contributed by atoms with Crippen LogP contribution in [0, 0.1) is 11.8 Å². The van der Waals surface area contributed by atoms with Crippen LogP contribution in [0.4, 0.5) is 0 Å². The maximum Gasteiger partial charge on any atom is 0.0832 e. The van der Waals surface area contributed by atoms with Crippen molar-refractivity contribution < 1.29 is 5.11 Å². The Kier molecular flexibility index (Phi) is 3.15. The lowest BCUT2D eigenvalue weighted by molar-refractivity contribution is 0.154. The molecule has 1 fully saturated rings. The Hall–Kier alpha value is -0.760. The van der Waals surface area contributed by atoms with Gasteiger partial charge in [0.25, 0.3) is 0 Å². The molecule has 1 aromatic heterocycles. The molecule has 1 heterocycles. The summed E-state index contributed by atoms with van der Waals surface area (Å²) in [4.78, 5) is 0. The van der Waals surface area contributed by atoms with Crippen LogP contribution >= 0.6 is 0 Å². The third-order valence-corrected chi connectivity index (χ3v) is 3.15. The van der Waals surface area contributed by atoms with Gasteiger partial charge in [0.2, 0.25) is 0 Å². The van der Waals surface area contributed by atoms with Crippen LogP contribution in [0.5, 0.6) is 0 Å². The predicted molar refractivity (Wildman–Crippen MR) is 61.6 cm³/mol. The summed E-state index contributed by atoms with van der Waals surface area (Å²) in [5.41, 5.74) is 1.10. The second-order valence-corrected chi connectivity index (χ2v) is 5.15. The molecule has 1 unspecified atom stereocenters. The molecule has 0 spiro atoms. The van der Waals surface area contributed by atoms with Crippen molar-refractivity contribution in [3.8, 4) is 0 Å². The second-order valence-electron chi connectivity index (χ2n) is 5.15. The van der Waals surface area contributed by atoms with Gasteiger partial charge in [-0.05, 0) is 42.7 Å². The summed E-state index contributed by atoms with van der Waals surface area (Å²) in [6.07, 6.45) is 7.56. The van der Waals surface area contributed by atoms with E-state index in [1.54, 1.807) is 0 Å². The van der Waals surface area contributed by atoms with Crippen LogP contribution < -0.4 is 0 Å². The molecule has 1 aromatic rings. The van der Waals surface area contributed by atoms with Crippen molar-refractivity contribution in [2.75, 3.05) is 0 Å². The van der Waals surface area contributed by atoms with Crippen molar-refractivity contribution in [1.29, 1.82) is 0 Å². The van der Waals surface area contributed by atoms with Gasteiger partial charge in [0, 0.05) is 18.9 Å². The number of aliphatic hydroxyl groups is 1. The highest BCUT2D eigenvalue weighted by Gasteiger charge is 2.31. The zero-order chi connectivity index (χ0) is 10.8. The molecule has 2 heteroatoms. The molecule has 2 nitrogen and oxygen atoms in total. The van der Waals surface area contributed by atoms with Crippen molar-refractivity contribution in [2.24, 2.45) is 11.8 Å². The van der Waals surface area contributed by atoms with Crippen LogP contribution in [0.3, 0.4) is 0 Å². The second kappa shape index (κ2) is 4.40. The van der Waals surface area contributed by atoms with Crippen LogP contribution in [-0.2, 0) is 6.54 Å². The monoisotopic (exact) mass is 207 g/mol. The minimum atomic E-state index is -0.217. The molecule has 84 valence electrons. The first kappa shape index (κ1) is 10.7. The van der Waals surface area contributed by atoms with E-state index < -0.39 is 0 Å². The topological polar surface area (TPSA) is 25.2 Å². The Balaban J connectivity index is 1.91. The fraction of sp³-hybridized carbons (Fsp3) is 0.692. The Labute approximate surface area is 91.9 Å². The number of hydrogen-bond donors (Lipinski definition) is 1. The maximum atomic E-state index is 9.94. The minimum Gasteiger partial charge on any atom is -0.388 e. The van der Waals surface area contributed by atoms with Crippen molar-refractivity contribution in [3.05, 3.63) is 24.0 Å². The van der Waals surface area contributed by atoms with Crippen LogP contribution in [0.1, 0.15) is 44.8 Å². The van der Waals surface area contributed by atoms with E-state index in [1.165, 1.54) is 19.3 Å². The van der Waals surface area contributed by atoms with Gasteiger partial charge in [-0.15, -0.1) is 0 Å². The molecule has 15 heavy (non-hydrogen) atoms. The lowest BCUT2D eigenvalue weighted by atomic mass is 10.1. The Morgan fingerprint density at radius 1 is 1.47 bits per heavy atom. The summed E-state index contributed by atoms with van der Waals surface area (Å²) in [5.74, 6) is 1.27. The van der Waals surface area contributed by atoms with Gasteiger partial charge in [0.15, 0.2) is 0 Å². The lowest BCUT2D eigenvalue weighted by Crippen LogP contribution is -2.00. The Bertz CT molecular complexity index is 312. The van der Waals surface area contributed by atoms with Crippen molar-refractivity contribution in [1.82, 2.24) is 4.57 Å². The molecule has 0 aromatic carbocycles. The van der Waals surface area contributed by atoms with Crippen molar-refractivity contribution in [2.45, 2.75) is 45.8 Å². The van der Waals surface area contributed by atoms with Gasteiger partial charge < -0.3 is 9.67 Å². The molecule has 1 aliphatic rings. The average molecular weight is 207 g/mol. The van der Waals surface area contributed by atoms with Gasteiger partial charge in [-0.1, -0.05) is 13.8 Å². The van der Waals surface area contributed by atoms with E-state index in [1.807, 2.05) is 0 Å². The summed E-state index contributed by atoms with van der Waals surface area (Å²) in [6.45, 7) is 5.54. The van der Waals surface area contributed by atoms with Crippen LogP contribution in [0.2, 0.25) is 0 Å². The van der Waals surface area contributed by atoms with Gasteiger partial charge in [0.05, 0.1) is 6.10 Å². The van der Waals surface area contributed by atoms with Crippen LogP contribution in [0.15, 0.2) is 18.5 Å². The van der Waals surface area contributed by atoms with E-state index in [2.05, 4.69) is 36.9 Å². The fourth-order valence-corrected chi connectivity index (χ4v) is 1.86. The highest BCUT2D eigenvalue weighted by molar-refractivity contribution is 5.16. The van der Waals surface area contributed by atoms with E-state index >= 15 is 0 Å². The van der Waals surface area contributed by atoms with Gasteiger partial charge >= 0.3 is 0 Å². The van der Waals surface area contributed by atoms with Crippen LogP contribution in [0.25, 0.3) is 0 Å². The molecule has 0 amide bonds. The van der Waals surface area contributed by atoms with Gasteiger partial charge in [-0.3, -0.25) is 0 Å². The molecule has 0 bridgehead atoms. The van der Waals surface area contributed by atoms with E-state index in [-0.39, 0.29) is 6.10 Å². The molecule has 1 atom stereocenters. The lowest BCUT2D eigenvalue weighted by Gasteiger charge is -2.07. The first-order chi connectivity index (χ1) is 7.16. The number of aromatic nitrogens is 1. The minimum absolute atomic E-state index is 0.217. The third-order valence-electron chi connectivity index (χ3n) is 3.15. The number of hydrogen-bond acceptors (Lipinski definition) is 1. The molecule has 0 saturated heterocycles. The molecule has 1 saturated carbocycles. The molecule has 2 rings (SSSR count). The van der Waals surface area contributed by atoms with E-state index in [0.29, 0.717) is 5.92 Å². The summed E-state index contributed by atoms with van der Waals surface area (Å²) in [5, 5.41) is 9.94. The summed E-state index contributed by atoms with van der Waals surface area (Å²) in [7, 11) is 0. The summed E-state index contributed by atoms with van der Waals surface area (Å²) >= 11 is 0. The molecule has 1 aliphatic carbocycles. The van der Waals surface area contributed by atoms with Gasteiger partial charge in [0.1, 0.15) is 0 Å². The van der Waals surface area contributed by atoms with Gasteiger partial charge in [-0.25, -0.2) is 0 Å². The number of rotatable bonds is 5. The highest BCUT2D eigenvalue weighted by Crippen LogP contribution is 2.40. The number of nitrogens with zero attached hydrogens (tertiary/aromatic N) is 1. The number of aryl methyl sites for hydroxylation is 1. The zero-order valence-corrected chi connectivity index (χ0v) is 9.69.